The van der Waals surface area contributed by atoms with E-state index in [0.29, 0.717) is 23.3 Å². The van der Waals surface area contributed by atoms with E-state index in [2.05, 4.69) is 34.4 Å². The van der Waals surface area contributed by atoms with Crippen LogP contribution in [0, 0.1) is 0 Å². The zero-order valence-electron chi connectivity index (χ0n) is 13.1. The van der Waals surface area contributed by atoms with Crippen molar-refractivity contribution in [3.63, 3.8) is 0 Å². The lowest BCUT2D eigenvalue weighted by Gasteiger charge is -2.02. The first-order valence-corrected chi connectivity index (χ1v) is 8.16. The molecule has 0 fully saturated rings. The van der Waals surface area contributed by atoms with Gasteiger partial charge in [0.15, 0.2) is 5.82 Å². The van der Waals surface area contributed by atoms with Gasteiger partial charge in [0.2, 0.25) is 0 Å². The van der Waals surface area contributed by atoms with Gasteiger partial charge >= 0.3 is 0 Å². The summed E-state index contributed by atoms with van der Waals surface area (Å²) in [4.78, 5) is 16.4. The first-order chi connectivity index (χ1) is 11.0. The Kier molecular flexibility index (Phi) is 4.24. The summed E-state index contributed by atoms with van der Waals surface area (Å²) < 4.78 is 6.90. The Morgan fingerprint density at radius 1 is 1.48 bits per heavy atom. The van der Waals surface area contributed by atoms with Gasteiger partial charge in [-0.2, -0.15) is 21.4 Å². The molecule has 0 unspecified atom stereocenters. The molecule has 1 N–H and O–H groups in total. The number of hydrogen-bond donors (Lipinski definition) is 1. The smallest absolute Gasteiger partial charge is 0.272 e. The summed E-state index contributed by atoms with van der Waals surface area (Å²) in [7, 11) is 1.83. The van der Waals surface area contributed by atoms with Crippen LogP contribution in [0.5, 0.6) is 0 Å². The number of carbonyl (C=O) groups is 1. The quantitative estimate of drug-likeness (QED) is 0.776. The Bertz CT molecular complexity index is 804. The van der Waals surface area contributed by atoms with Crippen molar-refractivity contribution >= 4 is 17.2 Å². The molecule has 0 bridgehead atoms. The molecule has 120 valence electrons. The van der Waals surface area contributed by atoms with Gasteiger partial charge in [0.05, 0.1) is 12.1 Å². The molecule has 0 aliphatic carbocycles. The van der Waals surface area contributed by atoms with Gasteiger partial charge in [-0.25, -0.2) is 0 Å². The normalized spacial score (nSPS) is 11.1. The van der Waals surface area contributed by atoms with E-state index >= 15 is 0 Å². The van der Waals surface area contributed by atoms with Crippen LogP contribution < -0.4 is 5.32 Å². The Morgan fingerprint density at radius 3 is 2.96 bits per heavy atom. The molecule has 0 atom stereocenters. The van der Waals surface area contributed by atoms with E-state index in [1.165, 1.54) is 0 Å². The molecular weight excluding hydrogens is 314 g/mol. The molecule has 7 nitrogen and oxygen atoms in total. The first kappa shape index (κ1) is 15.4. The zero-order chi connectivity index (χ0) is 16.4. The fraction of sp³-hybridized carbons (Fsp3) is 0.333. The topological polar surface area (TPSA) is 85.8 Å². The van der Waals surface area contributed by atoms with Crippen molar-refractivity contribution in [2.24, 2.45) is 7.05 Å². The Hall–Kier alpha value is -2.48. The van der Waals surface area contributed by atoms with Crippen molar-refractivity contribution in [2.45, 2.75) is 26.3 Å². The Morgan fingerprint density at radius 2 is 2.30 bits per heavy atom. The van der Waals surface area contributed by atoms with Crippen LogP contribution in [0.2, 0.25) is 0 Å². The third-order valence-electron chi connectivity index (χ3n) is 3.38. The average Bonchev–Trinajstić information content (AvgIpc) is 3.24. The lowest BCUT2D eigenvalue weighted by molar-refractivity contribution is 0.0944. The minimum Gasteiger partial charge on any atom is -0.343 e. The van der Waals surface area contributed by atoms with Gasteiger partial charge in [-0.1, -0.05) is 19.0 Å². The largest absolute Gasteiger partial charge is 0.343 e. The average molecular weight is 331 g/mol. The third kappa shape index (κ3) is 3.31. The van der Waals surface area contributed by atoms with Gasteiger partial charge in [0, 0.05) is 18.1 Å². The maximum absolute atomic E-state index is 12.2. The SMILES string of the molecule is CC(C)c1cc(C(=O)NCc2noc(-c3ccsc3)n2)nn1C. The zero-order valence-corrected chi connectivity index (χ0v) is 13.9. The van der Waals surface area contributed by atoms with Crippen LogP contribution in [0.3, 0.4) is 0 Å². The molecule has 23 heavy (non-hydrogen) atoms. The fourth-order valence-corrected chi connectivity index (χ4v) is 2.84. The number of rotatable bonds is 5. The lowest BCUT2D eigenvalue weighted by atomic mass is 10.1. The third-order valence-corrected chi connectivity index (χ3v) is 4.07. The summed E-state index contributed by atoms with van der Waals surface area (Å²) in [5, 5.41) is 14.7. The second-order valence-electron chi connectivity index (χ2n) is 5.44. The Balaban J connectivity index is 1.64. The predicted molar refractivity (Wildman–Crippen MR) is 86.1 cm³/mol. The lowest BCUT2D eigenvalue weighted by Crippen LogP contribution is -2.24. The van der Waals surface area contributed by atoms with Crippen molar-refractivity contribution in [1.29, 1.82) is 0 Å². The predicted octanol–water partition coefficient (Wildman–Crippen LogP) is 2.59. The molecule has 0 aromatic carbocycles. The van der Waals surface area contributed by atoms with Crippen molar-refractivity contribution in [2.75, 3.05) is 0 Å². The number of aryl methyl sites for hydroxylation is 1. The van der Waals surface area contributed by atoms with E-state index in [1.54, 1.807) is 22.1 Å². The van der Waals surface area contributed by atoms with Crippen molar-refractivity contribution in [1.82, 2.24) is 25.2 Å². The molecule has 3 aromatic heterocycles. The molecule has 3 rings (SSSR count). The van der Waals surface area contributed by atoms with Gasteiger partial charge in [-0.05, 0) is 23.4 Å². The van der Waals surface area contributed by atoms with E-state index < -0.39 is 0 Å². The van der Waals surface area contributed by atoms with Gasteiger partial charge < -0.3 is 9.84 Å². The minimum absolute atomic E-state index is 0.195. The highest BCUT2D eigenvalue weighted by Gasteiger charge is 2.16. The van der Waals surface area contributed by atoms with Crippen LogP contribution in [-0.4, -0.2) is 25.8 Å². The molecule has 0 radical (unpaired) electrons. The summed E-state index contributed by atoms with van der Waals surface area (Å²) in [5.41, 5.74) is 2.28. The number of aromatic nitrogens is 4. The second kappa shape index (κ2) is 6.33. The summed E-state index contributed by atoms with van der Waals surface area (Å²) >= 11 is 1.56. The highest BCUT2D eigenvalue weighted by molar-refractivity contribution is 7.08. The number of thiophene rings is 1. The molecule has 0 aliphatic heterocycles. The van der Waals surface area contributed by atoms with Crippen LogP contribution in [0.1, 0.15) is 41.8 Å². The number of amides is 1. The minimum atomic E-state index is -0.255. The van der Waals surface area contributed by atoms with E-state index in [-0.39, 0.29) is 12.5 Å². The second-order valence-corrected chi connectivity index (χ2v) is 6.22. The summed E-state index contributed by atoms with van der Waals surface area (Å²) in [6.45, 7) is 4.31. The summed E-state index contributed by atoms with van der Waals surface area (Å²) in [6.07, 6.45) is 0. The molecule has 0 aliphatic rings. The Labute approximate surface area is 137 Å². The van der Waals surface area contributed by atoms with Crippen molar-refractivity contribution in [3.05, 3.63) is 40.1 Å². The van der Waals surface area contributed by atoms with Crippen LogP contribution >= 0.6 is 11.3 Å². The molecule has 0 spiro atoms. The molecule has 0 saturated carbocycles. The standard InChI is InChI=1S/C15H17N5O2S/c1-9(2)12-6-11(18-20(12)3)14(21)16-7-13-17-15(22-19-13)10-4-5-23-8-10/h4-6,8-9H,7H2,1-3H3,(H,16,21). The number of hydrogen-bond acceptors (Lipinski definition) is 6. The van der Waals surface area contributed by atoms with E-state index in [9.17, 15) is 4.79 Å². The molecule has 3 heterocycles. The summed E-state index contributed by atoms with van der Waals surface area (Å²) in [6, 6.07) is 3.70. The monoisotopic (exact) mass is 331 g/mol. The maximum Gasteiger partial charge on any atom is 0.272 e. The van der Waals surface area contributed by atoms with Gasteiger partial charge in [-0.15, -0.1) is 0 Å². The van der Waals surface area contributed by atoms with E-state index in [4.69, 9.17) is 4.52 Å². The van der Waals surface area contributed by atoms with E-state index in [0.717, 1.165) is 11.3 Å². The van der Waals surface area contributed by atoms with Crippen molar-refractivity contribution < 1.29 is 9.32 Å². The van der Waals surface area contributed by atoms with Gasteiger partial charge in [0.25, 0.3) is 11.8 Å². The first-order valence-electron chi connectivity index (χ1n) is 7.22. The molecule has 3 aromatic rings. The van der Waals surface area contributed by atoms with Crippen LogP contribution in [0.25, 0.3) is 11.5 Å². The highest BCUT2D eigenvalue weighted by Crippen LogP contribution is 2.19. The molecule has 0 saturated heterocycles. The molecular formula is C15H17N5O2S. The number of nitrogens with zero attached hydrogens (tertiary/aromatic N) is 4. The van der Waals surface area contributed by atoms with E-state index in [1.807, 2.05) is 23.9 Å². The van der Waals surface area contributed by atoms with Gasteiger partial charge in [-0.3, -0.25) is 9.48 Å². The summed E-state index contributed by atoms with van der Waals surface area (Å²) in [5.74, 6) is 0.934. The number of nitrogens with one attached hydrogen (secondary N) is 1. The highest BCUT2D eigenvalue weighted by atomic mass is 32.1. The van der Waals surface area contributed by atoms with Crippen LogP contribution in [0.4, 0.5) is 0 Å². The maximum atomic E-state index is 12.2. The molecule has 8 heteroatoms. The van der Waals surface area contributed by atoms with Crippen LogP contribution in [0.15, 0.2) is 27.4 Å². The number of carbonyl (C=O) groups excluding carboxylic acids is 1. The van der Waals surface area contributed by atoms with Crippen LogP contribution in [-0.2, 0) is 13.6 Å². The van der Waals surface area contributed by atoms with Crippen molar-refractivity contribution in [3.8, 4) is 11.5 Å². The van der Waals surface area contributed by atoms with Gasteiger partial charge in [0.1, 0.15) is 5.69 Å². The fourth-order valence-electron chi connectivity index (χ4n) is 2.21. The molecule has 1 amide bonds.